The molecule has 1 aromatic carbocycles. The molecule has 0 aliphatic carbocycles. The number of pyridine rings is 1. The largest absolute Gasteiger partial charge is 0.388 e. The lowest BCUT2D eigenvalue weighted by molar-refractivity contribution is -0.130. The number of benzene rings is 1. The lowest BCUT2D eigenvalue weighted by Gasteiger charge is -2.36. The Morgan fingerprint density at radius 3 is 2.52 bits per heavy atom. The van der Waals surface area contributed by atoms with E-state index in [9.17, 15) is 9.59 Å². The predicted molar refractivity (Wildman–Crippen MR) is 114 cm³/mol. The number of fused-ring (bicyclic) bond motifs is 1. The molecule has 8 heteroatoms. The van der Waals surface area contributed by atoms with Gasteiger partial charge < -0.3 is 19.5 Å². The number of carbonyl (C=O) groups is 2. The van der Waals surface area contributed by atoms with Crippen LogP contribution in [0.1, 0.15) is 15.9 Å². The molecule has 4 heterocycles. The fourth-order valence-corrected chi connectivity index (χ4v) is 4.51. The highest BCUT2D eigenvalue weighted by atomic mass is 16.6. The van der Waals surface area contributed by atoms with Gasteiger partial charge in [-0.05, 0) is 23.8 Å². The Morgan fingerprint density at radius 1 is 0.968 bits per heavy atom. The van der Waals surface area contributed by atoms with Gasteiger partial charge in [-0.15, -0.1) is 0 Å². The van der Waals surface area contributed by atoms with Gasteiger partial charge in [0.05, 0.1) is 18.9 Å². The van der Waals surface area contributed by atoms with Crippen molar-refractivity contribution in [2.24, 2.45) is 11.1 Å². The van der Waals surface area contributed by atoms with Gasteiger partial charge in [0.25, 0.3) is 5.91 Å². The molecule has 0 radical (unpaired) electrons. The zero-order valence-electron chi connectivity index (χ0n) is 17.3. The Hall–Kier alpha value is -3.42. The molecule has 0 unspecified atom stereocenters. The third-order valence-electron chi connectivity index (χ3n) is 6.22. The van der Waals surface area contributed by atoms with Crippen molar-refractivity contribution in [2.75, 3.05) is 39.3 Å². The molecule has 2 fully saturated rings. The summed E-state index contributed by atoms with van der Waals surface area (Å²) in [4.78, 5) is 41.1. The predicted octanol–water partition coefficient (Wildman–Crippen LogP) is 1.25. The van der Waals surface area contributed by atoms with E-state index in [2.05, 4.69) is 15.0 Å². The Labute approximate surface area is 181 Å². The Balaban J connectivity index is 1.17. The third-order valence-corrected chi connectivity index (χ3v) is 6.22. The van der Waals surface area contributed by atoms with E-state index in [-0.39, 0.29) is 23.8 Å². The molecule has 2 atom stereocenters. The Morgan fingerprint density at radius 2 is 1.77 bits per heavy atom. The molecule has 2 amide bonds. The van der Waals surface area contributed by atoms with Crippen molar-refractivity contribution in [1.29, 1.82) is 0 Å². The molecule has 160 valence electrons. The van der Waals surface area contributed by atoms with Crippen LogP contribution in [0.4, 0.5) is 0 Å². The van der Waals surface area contributed by atoms with Crippen LogP contribution in [0.25, 0.3) is 0 Å². The third kappa shape index (κ3) is 3.97. The van der Waals surface area contributed by atoms with Crippen LogP contribution in [-0.4, -0.2) is 82.7 Å². The van der Waals surface area contributed by atoms with E-state index in [0.717, 1.165) is 17.0 Å². The quantitative estimate of drug-likeness (QED) is 0.748. The summed E-state index contributed by atoms with van der Waals surface area (Å²) in [6, 6.07) is 13.1. The van der Waals surface area contributed by atoms with Crippen molar-refractivity contribution >= 4 is 17.6 Å². The first-order valence-corrected chi connectivity index (χ1v) is 10.7. The van der Waals surface area contributed by atoms with Crippen LogP contribution in [0.2, 0.25) is 0 Å². The number of nitrogens with zero attached hydrogens (tertiary/aromatic N) is 5. The number of oxime groups is 1. The number of aromatic nitrogens is 1. The second kappa shape index (κ2) is 8.37. The normalized spacial score (nSPS) is 22.7. The number of hydrogen-bond donors (Lipinski definition) is 0. The molecule has 2 aromatic rings. The first-order valence-electron chi connectivity index (χ1n) is 10.7. The zero-order chi connectivity index (χ0) is 21.2. The van der Waals surface area contributed by atoms with Crippen molar-refractivity contribution in [3.8, 4) is 0 Å². The second-order valence-corrected chi connectivity index (χ2v) is 8.18. The number of rotatable bonds is 3. The first kappa shape index (κ1) is 19.5. The fourth-order valence-electron chi connectivity index (χ4n) is 4.51. The molecule has 5 rings (SSSR count). The lowest BCUT2D eigenvalue weighted by Crippen LogP contribution is -2.52. The summed E-state index contributed by atoms with van der Waals surface area (Å²) in [7, 11) is 0. The molecule has 0 N–H and O–H groups in total. The van der Waals surface area contributed by atoms with Crippen LogP contribution in [0.15, 0.2) is 60.0 Å². The van der Waals surface area contributed by atoms with Crippen LogP contribution in [-0.2, 0) is 16.1 Å². The minimum atomic E-state index is -0.0863. The molecule has 0 bridgehead atoms. The van der Waals surface area contributed by atoms with Gasteiger partial charge in [0.2, 0.25) is 5.91 Å². The molecular weight excluding hydrogens is 394 g/mol. The van der Waals surface area contributed by atoms with Crippen LogP contribution in [0.5, 0.6) is 0 Å². The van der Waals surface area contributed by atoms with E-state index in [1.165, 1.54) is 0 Å². The van der Waals surface area contributed by atoms with E-state index >= 15 is 0 Å². The molecular formula is C23H25N5O3. The van der Waals surface area contributed by atoms with Crippen molar-refractivity contribution in [2.45, 2.75) is 12.5 Å². The average molecular weight is 419 g/mol. The second-order valence-electron chi connectivity index (χ2n) is 8.18. The molecule has 8 nitrogen and oxygen atoms in total. The molecule has 3 aliphatic heterocycles. The number of piperazine rings is 1. The summed E-state index contributed by atoms with van der Waals surface area (Å²) in [6.07, 6.45) is 3.70. The molecule has 31 heavy (non-hydrogen) atoms. The summed E-state index contributed by atoms with van der Waals surface area (Å²) in [5, 5.41) is 4.34. The maximum absolute atomic E-state index is 12.7. The SMILES string of the molecule is O=C(Cc1cccnc1)N1C[C@H]2ON=C(N3CCN(C(=O)c4ccccc4)CC3)[C@@H]2C1. The summed E-state index contributed by atoms with van der Waals surface area (Å²) in [5.41, 5.74) is 1.63. The summed E-state index contributed by atoms with van der Waals surface area (Å²) in [5.74, 6) is 1.15. The van der Waals surface area contributed by atoms with Gasteiger partial charge in [0.1, 0.15) is 0 Å². The Bertz CT molecular complexity index is 973. The first-order chi connectivity index (χ1) is 15.2. The maximum atomic E-state index is 12.7. The van der Waals surface area contributed by atoms with Gasteiger partial charge >= 0.3 is 0 Å². The van der Waals surface area contributed by atoms with Gasteiger partial charge in [-0.25, -0.2) is 0 Å². The minimum absolute atomic E-state index is 0.0655. The number of likely N-dealkylation sites (tertiary alicyclic amines) is 1. The van der Waals surface area contributed by atoms with E-state index in [0.29, 0.717) is 45.7 Å². The summed E-state index contributed by atoms with van der Waals surface area (Å²) >= 11 is 0. The van der Waals surface area contributed by atoms with E-state index in [1.54, 1.807) is 12.4 Å². The molecule has 0 spiro atoms. The van der Waals surface area contributed by atoms with E-state index < -0.39 is 0 Å². The van der Waals surface area contributed by atoms with Crippen molar-refractivity contribution in [3.63, 3.8) is 0 Å². The highest BCUT2D eigenvalue weighted by molar-refractivity contribution is 5.94. The lowest BCUT2D eigenvalue weighted by atomic mass is 10.0. The standard InChI is InChI=1S/C23H25N5O3/c29-21(13-17-5-4-8-24-14-17)28-15-19-20(16-28)31-25-22(19)26-9-11-27(12-10-26)23(30)18-6-2-1-3-7-18/h1-8,14,19-20H,9-13,15-16H2/t19-,20-/m1/s1. The summed E-state index contributed by atoms with van der Waals surface area (Å²) < 4.78 is 0. The topological polar surface area (TPSA) is 78.3 Å². The molecule has 0 saturated carbocycles. The molecule has 1 aromatic heterocycles. The van der Waals surface area contributed by atoms with Crippen molar-refractivity contribution in [1.82, 2.24) is 19.7 Å². The van der Waals surface area contributed by atoms with Gasteiger partial charge in [-0.3, -0.25) is 14.6 Å². The van der Waals surface area contributed by atoms with E-state index in [4.69, 9.17) is 4.84 Å². The van der Waals surface area contributed by atoms with Gasteiger partial charge in [0.15, 0.2) is 11.9 Å². The van der Waals surface area contributed by atoms with Crippen LogP contribution >= 0.6 is 0 Å². The van der Waals surface area contributed by atoms with E-state index in [1.807, 2.05) is 52.3 Å². The van der Waals surface area contributed by atoms with Gasteiger partial charge in [0, 0.05) is 50.7 Å². The monoisotopic (exact) mass is 419 g/mol. The summed E-state index contributed by atoms with van der Waals surface area (Å²) in [6.45, 7) is 3.90. The van der Waals surface area contributed by atoms with Gasteiger partial charge in [-0.2, -0.15) is 0 Å². The van der Waals surface area contributed by atoms with Crippen LogP contribution < -0.4 is 0 Å². The number of amides is 2. The molecule has 3 aliphatic rings. The minimum Gasteiger partial charge on any atom is -0.388 e. The van der Waals surface area contributed by atoms with Crippen LogP contribution in [0.3, 0.4) is 0 Å². The molecule has 2 saturated heterocycles. The zero-order valence-corrected chi connectivity index (χ0v) is 17.3. The number of hydrogen-bond acceptors (Lipinski definition) is 6. The highest BCUT2D eigenvalue weighted by Crippen LogP contribution is 2.29. The van der Waals surface area contributed by atoms with Crippen LogP contribution in [0, 0.1) is 5.92 Å². The van der Waals surface area contributed by atoms with Crippen molar-refractivity contribution in [3.05, 3.63) is 66.0 Å². The highest BCUT2D eigenvalue weighted by Gasteiger charge is 2.46. The smallest absolute Gasteiger partial charge is 0.253 e. The Kier molecular flexibility index (Phi) is 5.28. The van der Waals surface area contributed by atoms with Gasteiger partial charge in [-0.1, -0.05) is 29.4 Å². The van der Waals surface area contributed by atoms with Crippen molar-refractivity contribution < 1.29 is 14.4 Å². The number of carbonyl (C=O) groups excluding carboxylic acids is 2. The average Bonchev–Trinajstić information content (AvgIpc) is 3.41. The maximum Gasteiger partial charge on any atom is 0.253 e. The fraction of sp³-hybridized carbons (Fsp3) is 0.391. The number of amidine groups is 1.